The van der Waals surface area contributed by atoms with Crippen molar-refractivity contribution < 1.29 is 9.66 Å². The van der Waals surface area contributed by atoms with Gasteiger partial charge in [-0.1, -0.05) is 0 Å². The number of anilines is 1. The van der Waals surface area contributed by atoms with Crippen molar-refractivity contribution in [3.8, 4) is 0 Å². The van der Waals surface area contributed by atoms with Crippen LogP contribution in [0.4, 0.5) is 11.5 Å². The Morgan fingerprint density at radius 3 is 2.84 bits per heavy atom. The largest absolute Gasteiger partial charge is 0.378 e. The van der Waals surface area contributed by atoms with E-state index in [4.69, 9.17) is 4.74 Å². The highest BCUT2D eigenvalue weighted by Gasteiger charge is 2.35. The summed E-state index contributed by atoms with van der Waals surface area (Å²) < 4.78 is 5.77. The Morgan fingerprint density at radius 2 is 2.21 bits per heavy atom. The highest BCUT2D eigenvalue weighted by atomic mass is 16.6. The molecule has 0 spiro atoms. The lowest BCUT2D eigenvalue weighted by atomic mass is 10.00. The van der Waals surface area contributed by atoms with Crippen LogP contribution in [0, 0.1) is 16.0 Å². The molecule has 2 atom stereocenters. The third kappa shape index (κ3) is 3.01. The summed E-state index contributed by atoms with van der Waals surface area (Å²) >= 11 is 0. The Kier molecular flexibility index (Phi) is 3.33. The molecule has 6 nitrogen and oxygen atoms in total. The summed E-state index contributed by atoms with van der Waals surface area (Å²) in [6.45, 7) is 0.784. The maximum absolute atomic E-state index is 10.6. The molecule has 102 valence electrons. The number of hydrogen-bond donors (Lipinski definition) is 1. The van der Waals surface area contributed by atoms with E-state index in [-0.39, 0.29) is 5.69 Å². The fraction of sp³-hybridized carbons (Fsp3) is 0.615. The molecule has 3 rings (SSSR count). The minimum atomic E-state index is -0.436. The van der Waals surface area contributed by atoms with Gasteiger partial charge in [0.1, 0.15) is 12.0 Å². The average Bonchev–Trinajstić information content (AvgIpc) is 3.24. The zero-order valence-electron chi connectivity index (χ0n) is 10.6. The molecule has 2 fully saturated rings. The van der Waals surface area contributed by atoms with Gasteiger partial charge in [0.25, 0.3) is 5.69 Å². The number of pyridine rings is 1. The number of aromatic nitrogens is 1. The molecule has 2 aliphatic rings. The van der Waals surface area contributed by atoms with E-state index in [2.05, 4.69) is 10.3 Å². The number of nitrogens with zero attached hydrogens (tertiary/aromatic N) is 2. The molecule has 1 aromatic heterocycles. The van der Waals surface area contributed by atoms with Crippen LogP contribution in [0.15, 0.2) is 18.3 Å². The molecular weight excluding hydrogens is 246 g/mol. The van der Waals surface area contributed by atoms with Crippen LogP contribution >= 0.6 is 0 Å². The van der Waals surface area contributed by atoms with Crippen molar-refractivity contribution in [1.29, 1.82) is 0 Å². The molecule has 6 heteroatoms. The van der Waals surface area contributed by atoms with E-state index in [9.17, 15) is 10.1 Å². The summed E-state index contributed by atoms with van der Waals surface area (Å²) in [5.74, 6) is 1.45. The van der Waals surface area contributed by atoms with Crippen LogP contribution in [-0.4, -0.2) is 28.7 Å². The normalized spacial score (nSPS) is 26.9. The molecular formula is C13H17N3O3. The second-order valence-corrected chi connectivity index (χ2v) is 5.27. The molecule has 19 heavy (non-hydrogen) atoms. The summed E-state index contributed by atoms with van der Waals surface area (Å²) in [6, 6.07) is 3.50. The van der Waals surface area contributed by atoms with Crippen molar-refractivity contribution in [2.24, 2.45) is 5.92 Å². The van der Waals surface area contributed by atoms with Crippen molar-refractivity contribution in [2.75, 3.05) is 11.9 Å². The lowest BCUT2D eigenvalue weighted by molar-refractivity contribution is -0.385. The van der Waals surface area contributed by atoms with E-state index in [1.54, 1.807) is 6.07 Å². The number of rotatable bonds is 4. The SMILES string of the molecule is O=[N+]([O-])c1ccc(NC2CCOC(C3CC3)C2)nc1. The molecule has 1 aliphatic heterocycles. The van der Waals surface area contributed by atoms with Crippen LogP contribution in [0.5, 0.6) is 0 Å². The molecule has 0 amide bonds. The fourth-order valence-electron chi connectivity index (χ4n) is 2.54. The van der Waals surface area contributed by atoms with Crippen LogP contribution in [0.2, 0.25) is 0 Å². The van der Waals surface area contributed by atoms with Crippen molar-refractivity contribution in [3.05, 3.63) is 28.4 Å². The average molecular weight is 263 g/mol. The predicted molar refractivity (Wildman–Crippen MR) is 70.0 cm³/mol. The number of nitrogens with one attached hydrogen (secondary N) is 1. The molecule has 0 radical (unpaired) electrons. The first-order valence-electron chi connectivity index (χ1n) is 6.71. The van der Waals surface area contributed by atoms with E-state index in [1.807, 2.05) is 0 Å². The number of hydrogen-bond acceptors (Lipinski definition) is 5. The third-order valence-corrected chi connectivity index (χ3v) is 3.77. The summed E-state index contributed by atoms with van der Waals surface area (Å²) in [5.41, 5.74) is 0.0217. The van der Waals surface area contributed by atoms with Gasteiger partial charge in [-0.05, 0) is 37.7 Å². The van der Waals surface area contributed by atoms with Crippen molar-refractivity contribution in [3.63, 3.8) is 0 Å². The number of nitro groups is 1. The molecule has 0 aromatic carbocycles. The molecule has 1 aliphatic carbocycles. The van der Waals surface area contributed by atoms with Gasteiger partial charge in [0.05, 0.1) is 11.0 Å². The van der Waals surface area contributed by atoms with E-state index < -0.39 is 4.92 Å². The Hall–Kier alpha value is -1.69. The van der Waals surface area contributed by atoms with Crippen molar-refractivity contribution in [2.45, 2.75) is 37.8 Å². The Balaban J connectivity index is 1.59. The molecule has 1 saturated carbocycles. The van der Waals surface area contributed by atoms with Gasteiger partial charge >= 0.3 is 0 Å². The van der Waals surface area contributed by atoms with Gasteiger partial charge < -0.3 is 10.1 Å². The molecule has 2 heterocycles. The Morgan fingerprint density at radius 1 is 1.37 bits per heavy atom. The molecule has 0 bridgehead atoms. The standard InChI is InChI=1S/C13H17N3O3/c17-16(18)11-3-4-13(14-8-11)15-10-5-6-19-12(7-10)9-1-2-9/h3-4,8-10,12H,1-2,5-7H2,(H,14,15). The summed E-state index contributed by atoms with van der Waals surface area (Å²) in [7, 11) is 0. The monoisotopic (exact) mass is 263 g/mol. The topological polar surface area (TPSA) is 77.3 Å². The Bertz CT molecular complexity index is 459. The first-order valence-corrected chi connectivity index (χ1v) is 6.71. The van der Waals surface area contributed by atoms with Crippen LogP contribution in [0.3, 0.4) is 0 Å². The van der Waals surface area contributed by atoms with Gasteiger partial charge in [-0.2, -0.15) is 0 Å². The number of ether oxygens (including phenoxy) is 1. The maximum Gasteiger partial charge on any atom is 0.287 e. The van der Waals surface area contributed by atoms with E-state index in [0.717, 1.165) is 25.4 Å². The molecule has 1 N–H and O–H groups in total. The fourth-order valence-corrected chi connectivity index (χ4v) is 2.54. The molecule has 1 saturated heterocycles. The first-order chi connectivity index (χ1) is 9.22. The molecule has 2 unspecified atom stereocenters. The second kappa shape index (κ2) is 5.13. The predicted octanol–water partition coefficient (Wildman–Crippen LogP) is 2.36. The summed E-state index contributed by atoms with van der Waals surface area (Å²) in [6.07, 6.45) is 6.20. The van der Waals surface area contributed by atoms with E-state index in [0.29, 0.717) is 18.0 Å². The van der Waals surface area contributed by atoms with Crippen LogP contribution in [0.1, 0.15) is 25.7 Å². The molecule has 1 aromatic rings. The second-order valence-electron chi connectivity index (χ2n) is 5.27. The van der Waals surface area contributed by atoms with E-state index >= 15 is 0 Å². The van der Waals surface area contributed by atoms with Gasteiger partial charge in [0, 0.05) is 18.7 Å². The van der Waals surface area contributed by atoms with Crippen molar-refractivity contribution in [1.82, 2.24) is 4.98 Å². The van der Waals surface area contributed by atoms with Crippen LogP contribution in [0.25, 0.3) is 0 Å². The smallest absolute Gasteiger partial charge is 0.287 e. The minimum Gasteiger partial charge on any atom is -0.378 e. The van der Waals surface area contributed by atoms with Crippen molar-refractivity contribution >= 4 is 11.5 Å². The zero-order valence-corrected chi connectivity index (χ0v) is 10.6. The maximum atomic E-state index is 10.6. The quantitative estimate of drug-likeness (QED) is 0.666. The van der Waals surface area contributed by atoms with Crippen LogP contribution < -0.4 is 5.32 Å². The first kappa shape index (κ1) is 12.3. The van der Waals surface area contributed by atoms with Gasteiger partial charge in [-0.15, -0.1) is 0 Å². The minimum absolute atomic E-state index is 0.0217. The van der Waals surface area contributed by atoms with Gasteiger partial charge in [-0.3, -0.25) is 10.1 Å². The Labute approximate surface area is 111 Å². The van der Waals surface area contributed by atoms with Gasteiger partial charge in [-0.25, -0.2) is 4.98 Å². The summed E-state index contributed by atoms with van der Waals surface area (Å²) in [5, 5.41) is 13.9. The van der Waals surface area contributed by atoms with Crippen LogP contribution in [-0.2, 0) is 4.74 Å². The highest BCUT2D eigenvalue weighted by molar-refractivity contribution is 5.40. The van der Waals surface area contributed by atoms with E-state index in [1.165, 1.54) is 25.1 Å². The lowest BCUT2D eigenvalue weighted by Gasteiger charge is -2.30. The lowest BCUT2D eigenvalue weighted by Crippen LogP contribution is -2.35. The highest BCUT2D eigenvalue weighted by Crippen LogP contribution is 2.38. The summed E-state index contributed by atoms with van der Waals surface area (Å²) in [4.78, 5) is 14.2. The van der Waals surface area contributed by atoms with Gasteiger partial charge in [0.2, 0.25) is 0 Å². The third-order valence-electron chi connectivity index (χ3n) is 3.77. The van der Waals surface area contributed by atoms with Gasteiger partial charge in [0.15, 0.2) is 0 Å². The zero-order chi connectivity index (χ0) is 13.2.